The molecule has 1 heterocycles. The third-order valence-electron chi connectivity index (χ3n) is 3.31. The zero-order chi connectivity index (χ0) is 16.0. The van der Waals surface area contributed by atoms with Crippen LogP contribution in [0.15, 0.2) is 12.1 Å². The average Bonchev–Trinajstić information content (AvgIpc) is 2.45. The molecule has 21 heavy (non-hydrogen) atoms. The first-order chi connectivity index (χ1) is 9.81. The third-order valence-corrected chi connectivity index (χ3v) is 4.04. The molecule has 0 aromatic carbocycles. The Hall–Kier alpha value is -1.23. The van der Waals surface area contributed by atoms with E-state index in [0.29, 0.717) is 5.56 Å². The topological polar surface area (TPSA) is 54.0 Å². The molecule has 0 aliphatic rings. The number of carbonyl (C=O) groups is 1. The van der Waals surface area contributed by atoms with Gasteiger partial charge in [-0.2, -0.15) is 11.8 Å². The summed E-state index contributed by atoms with van der Waals surface area (Å²) < 4.78 is 0. The molecule has 4 nitrogen and oxygen atoms in total. The molecule has 1 aromatic heterocycles. The molecule has 0 aliphatic heterocycles. The van der Waals surface area contributed by atoms with Crippen molar-refractivity contribution in [1.29, 1.82) is 0 Å². The van der Waals surface area contributed by atoms with Crippen LogP contribution >= 0.6 is 11.8 Å². The Morgan fingerprint density at radius 3 is 2.52 bits per heavy atom. The first-order valence-corrected chi connectivity index (χ1v) is 8.71. The third kappa shape index (κ3) is 5.23. The Labute approximate surface area is 132 Å². The molecule has 0 saturated heterocycles. The highest BCUT2D eigenvalue weighted by atomic mass is 32.2. The minimum Gasteiger partial charge on any atom is -0.373 e. The molecule has 1 rings (SSSR count). The smallest absolute Gasteiger partial charge is 0.251 e. The summed E-state index contributed by atoms with van der Waals surface area (Å²) in [6, 6.07) is 3.90. The number of nitrogens with one attached hydrogen (secondary N) is 2. The monoisotopic (exact) mass is 309 g/mol. The molecule has 0 aliphatic carbocycles. The summed E-state index contributed by atoms with van der Waals surface area (Å²) in [5.41, 5.74) is 1.49. The van der Waals surface area contributed by atoms with Crippen LogP contribution in [0, 0.1) is 0 Å². The first kappa shape index (κ1) is 17.8. The summed E-state index contributed by atoms with van der Waals surface area (Å²) in [5, 5.41) is 6.13. The molecule has 5 heteroatoms. The van der Waals surface area contributed by atoms with E-state index < -0.39 is 0 Å². The standard InChI is InChI=1S/C16H27N3OS/c1-7-12(10-21-6)18-15(20)11-8-13(16(2,3)4)19-14(9-11)17-5/h8-9,12H,7,10H2,1-6H3,(H,17,19)(H,18,20). The molecular weight excluding hydrogens is 282 g/mol. The maximum atomic E-state index is 12.5. The second kappa shape index (κ2) is 7.69. The number of rotatable bonds is 6. The van der Waals surface area contributed by atoms with Gasteiger partial charge in [0, 0.05) is 35.5 Å². The summed E-state index contributed by atoms with van der Waals surface area (Å²) in [6.45, 7) is 8.38. The van der Waals surface area contributed by atoms with Crippen molar-refractivity contribution >= 4 is 23.5 Å². The number of thioether (sulfide) groups is 1. The molecule has 0 fully saturated rings. The van der Waals surface area contributed by atoms with E-state index in [1.165, 1.54) is 0 Å². The number of hydrogen-bond donors (Lipinski definition) is 2. The number of aromatic nitrogens is 1. The van der Waals surface area contributed by atoms with E-state index in [1.54, 1.807) is 17.8 Å². The minimum atomic E-state index is -0.0919. The van der Waals surface area contributed by atoms with Crippen LogP contribution in [-0.4, -0.2) is 36.0 Å². The molecule has 1 aromatic rings. The van der Waals surface area contributed by atoms with E-state index in [2.05, 4.69) is 49.6 Å². The van der Waals surface area contributed by atoms with Crippen LogP contribution in [0.3, 0.4) is 0 Å². The van der Waals surface area contributed by atoms with Gasteiger partial charge in [0.15, 0.2) is 0 Å². The summed E-state index contributed by atoms with van der Waals surface area (Å²) in [6.07, 6.45) is 2.99. The number of hydrogen-bond acceptors (Lipinski definition) is 4. The molecule has 0 bridgehead atoms. The van der Waals surface area contributed by atoms with E-state index in [1.807, 2.05) is 13.1 Å². The van der Waals surface area contributed by atoms with Gasteiger partial charge in [0.05, 0.1) is 0 Å². The Bertz CT molecular complexity index is 483. The largest absolute Gasteiger partial charge is 0.373 e. The van der Waals surface area contributed by atoms with Crippen LogP contribution in [0.2, 0.25) is 0 Å². The van der Waals surface area contributed by atoms with Gasteiger partial charge < -0.3 is 10.6 Å². The van der Waals surface area contributed by atoms with Crippen molar-refractivity contribution in [2.75, 3.05) is 24.4 Å². The van der Waals surface area contributed by atoms with Crippen LogP contribution in [0.1, 0.15) is 50.2 Å². The molecule has 0 saturated carbocycles. The predicted molar refractivity (Wildman–Crippen MR) is 92.4 cm³/mol. The lowest BCUT2D eigenvalue weighted by molar-refractivity contribution is 0.0940. The Morgan fingerprint density at radius 2 is 2.05 bits per heavy atom. The Morgan fingerprint density at radius 1 is 1.38 bits per heavy atom. The van der Waals surface area contributed by atoms with Gasteiger partial charge in [-0.1, -0.05) is 27.7 Å². The summed E-state index contributed by atoms with van der Waals surface area (Å²) in [4.78, 5) is 17.0. The van der Waals surface area contributed by atoms with Crippen LogP contribution in [-0.2, 0) is 5.41 Å². The van der Waals surface area contributed by atoms with Crippen molar-refractivity contribution in [3.63, 3.8) is 0 Å². The molecule has 1 amide bonds. The summed E-state index contributed by atoms with van der Waals surface area (Å²) >= 11 is 1.75. The van der Waals surface area contributed by atoms with Crippen LogP contribution in [0.5, 0.6) is 0 Å². The zero-order valence-electron chi connectivity index (χ0n) is 13.9. The van der Waals surface area contributed by atoms with Gasteiger partial charge in [-0.25, -0.2) is 4.98 Å². The van der Waals surface area contributed by atoms with Crippen molar-refractivity contribution in [3.8, 4) is 0 Å². The van der Waals surface area contributed by atoms with Crippen molar-refractivity contribution in [2.24, 2.45) is 0 Å². The summed E-state index contributed by atoms with van der Waals surface area (Å²) in [5.74, 6) is 1.63. The zero-order valence-corrected chi connectivity index (χ0v) is 14.7. The van der Waals surface area contributed by atoms with Crippen molar-refractivity contribution in [2.45, 2.75) is 45.6 Å². The van der Waals surface area contributed by atoms with E-state index in [0.717, 1.165) is 23.7 Å². The normalized spacial score (nSPS) is 12.9. The molecule has 118 valence electrons. The lowest BCUT2D eigenvalue weighted by Crippen LogP contribution is -2.36. The first-order valence-electron chi connectivity index (χ1n) is 7.32. The quantitative estimate of drug-likeness (QED) is 0.846. The van der Waals surface area contributed by atoms with Crippen LogP contribution in [0.4, 0.5) is 5.82 Å². The second-order valence-electron chi connectivity index (χ2n) is 6.16. The minimum absolute atomic E-state index is 0.0275. The average molecular weight is 309 g/mol. The van der Waals surface area contributed by atoms with Crippen LogP contribution < -0.4 is 10.6 Å². The maximum absolute atomic E-state index is 12.5. The van der Waals surface area contributed by atoms with Crippen molar-refractivity contribution in [3.05, 3.63) is 23.4 Å². The lowest BCUT2D eigenvalue weighted by Gasteiger charge is -2.21. The van der Waals surface area contributed by atoms with Gasteiger partial charge in [0.25, 0.3) is 5.91 Å². The highest BCUT2D eigenvalue weighted by Crippen LogP contribution is 2.23. The van der Waals surface area contributed by atoms with Gasteiger partial charge in [0.1, 0.15) is 5.82 Å². The fourth-order valence-corrected chi connectivity index (χ4v) is 2.63. The molecule has 1 unspecified atom stereocenters. The van der Waals surface area contributed by atoms with Crippen molar-refractivity contribution in [1.82, 2.24) is 10.3 Å². The van der Waals surface area contributed by atoms with Gasteiger partial charge in [0.2, 0.25) is 0 Å². The Kier molecular flexibility index (Phi) is 6.52. The number of nitrogens with zero attached hydrogens (tertiary/aromatic N) is 1. The van der Waals surface area contributed by atoms with E-state index in [4.69, 9.17) is 0 Å². The van der Waals surface area contributed by atoms with E-state index in [-0.39, 0.29) is 17.4 Å². The molecule has 0 spiro atoms. The van der Waals surface area contributed by atoms with Gasteiger partial charge in [-0.3, -0.25) is 4.79 Å². The maximum Gasteiger partial charge on any atom is 0.251 e. The lowest BCUT2D eigenvalue weighted by atomic mass is 9.90. The fourth-order valence-electron chi connectivity index (χ4n) is 1.91. The highest BCUT2D eigenvalue weighted by molar-refractivity contribution is 7.98. The molecule has 0 radical (unpaired) electrons. The van der Waals surface area contributed by atoms with Gasteiger partial charge in [-0.15, -0.1) is 0 Å². The van der Waals surface area contributed by atoms with E-state index >= 15 is 0 Å². The highest BCUT2D eigenvalue weighted by Gasteiger charge is 2.20. The number of carbonyl (C=O) groups excluding carboxylic acids is 1. The van der Waals surface area contributed by atoms with Gasteiger partial charge >= 0.3 is 0 Å². The number of anilines is 1. The van der Waals surface area contributed by atoms with Gasteiger partial charge in [-0.05, 0) is 24.8 Å². The van der Waals surface area contributed by atoms with Crippen molar-refractivity contribution < 1.29 is 4.79 Å². The molecule has 1 atom stereocenters. The fraction of sp³-hybridized carbons (Fsp3) is 0.625. The summed E-state index contributed by atoms with van der Waals surface area (Å²) in [7, 11) is 1.82. The second-order valence-corrected chi connectivity index (χ2v) is 7.07. The number of amides is 1. The predicted octanol–water partition coefficient (Wildman–Crippen LogP) is 3.29. The SMILES string of the molecule is CCC(CSC)NC(=O)c1cc(NC)nc(C(C)(C)C)c1. The number of pyridine rings is 1. The Balaban J connectivity index is 3.03. The van der Waals surface area contributed by atoms with Crippen LogP contribution in [0.25, 0.3) is 0 Å². The molecular formula is C16H27N3OS. The molecule has 2 N–H and O–H groups in total. The van der Waals surface area contributed by atoms with E-state index in [9.17, 15) is 4.79 Å².